The Balaban J connectivity index is 1.58. The first-order chi connectivity index (χ1) is 17.6. The van der Waals surface area contributed by atoms with Gasteiger partial charge in [0.25, 0.3) is 5.56 Å². The fourth-order valence-electron chi connectivity index (χ4n) is 5.52. The minimum absolute atomic E-state index is 0.0866. The molecular weight excluding hydrogens is 464 g/mol. The van der Waals surface area contributed by atoms with Gasteiger partial charge in [0.1, 0.15) is 0 Å². The molecule has 1 aliphatic carbocycles. The van der Waals surface area contributed by atoms with Crippen LogP contribution in [0.4, 0.5) is 5.69 Å². The molecule has 182 valence electrons. The van der Waals surface area contributed by atoms with E-state index in [9.17, 15) is 4.79 Å². The second kappa shape index (κ2) is 9.43. The zero-order valence-corrected chi connectivity index (χ0v) is 21.5. The van der Waals surface area contributed by atoms with Crippen LogP contribution >= 0.6 is 11.3 Å². The first-order valence-corrected chi connectivity index (χ1v) is 13.6. The average Bonchev–Trinajstić information content (AvgIpc) is 3.43. The van der Waals surface area contributed by atoms with Crippen LogP contribution in [0.3, 0.4) is 0 Å². The van der Waals surface area contributed by atoms with Gasteiger partial charge in [0.2, 0.25) is 0 Å². The number of para-hydroxylation sites is 1. The Kier molecular flexibility index (Phi) is 5.97. The summed E-state index contributed by atoms with van der Waals surface area (Å²) in [5.41, 5.74) is 4.55. The SMILES string of the molecule is Cc1c(N=c2scc(-c3cccc4ccccc34)n2C2CCCCC2)c(=O)n(-c2ccccc2)n1C. The Labute approximate surface area is 214 Å². The molecule has 2 aromatic heterocycles. The Morgan fingerprint density at radius 1 is 0.889 bits per heavy atom. The number of hydrogen-bond acceptors (Lipinski definition) is 3. The van der Waals surface area contributed by atoms with E-state index in [1.165, 1.54) is 41.3 Å². The van der Waals surface area contributed by atoms with Crippen molar-refractivity contribution in [3.8, 4) is 16.9 Å². The highest BCUT2D eigenvalue weighted by atomic mass is 32.1. The lowest BCUT2D eigenvalue weighted by molar-refractivity contribution is 0.351. The lowest BCUT2D eigenvalue weighted by Crippen LogP contribution is -2.24. The Morgan fingerprint density at radius 2 is 1.61 bits per heavy atom. The number of nitrogens with zero attached hydrogens (tertiary/aromatic N) is 4. The van der Waals surface area contributed by atoms with Gasteiger partial charge >= 0.3 is 0 Å². The number of hydrogen-bond donors (Lipinski definition) is 0. The van der Waals surface area contributed by atoms with Crippen molar-refractivity contribution in [2.45, 2.75) is 45.1 Å². The number of fused-ring (bicyclic) bond motifs is 1. The minimum Gasteiger partial charge on any atom is -0.313 e. The molecule has 36 heavy (non-hydrogen) atoms. The molecule has 0 saturated heterocycles. The van der Waals surface area contributed by atoms with Gasteiger partial charge in [-0.2, -0.15) is 0 Å². The molecule has 0 radical (unpaired) electrons. The molecule has 6 heteroatoms. The summed E-state index contributed by atoms with van der Waals surface area (Å²) in [6, 6.07) is 25.2. The minimum atomic E-state index is -0.0866. The summed E-state index contributed by atoms with van der Waals surface area (Å²) in [6.07, 6.45) is 6.03. The van der Waals surface area contributed by atoms with E-state index >= 15 is 0 Å². The van der Waals surface area contributed by atoms with Crippen LogP contribution in [0, 0.1) is 6.92 Å². The first-order valence-electron chi connectivity index (χ1n) is 12.7. The monoisotopic (exact) mass is 494 g/mol. The highest BCUT2D eigenvalue weighted by Crippen LogP contribution is 2.35. The van der Waals surface area contributed by atoms with Crippen LogP contribution in [0.2, 0.25) is 0 Å². The number of rotatable bonds is 4. The predicted molar refractivity (Wildman–Crippen MR) is 148 cm³/mol. The highest BCUT2D eigenvalue weighted by Gasteiger charge is 2.22. The predicted octanol–water partition coefficient (Wildman–Crippen LogP) is 6.91. The van der Waals surface area contributed by atoms with Gasteiger partial charge in [-0.1, -0.05) is 79.9 Å². The van der Waals surface area contributed by atoms with Gasteiger partial charge in [0, 0.05) is 24.0 Å². The summed E-state index contributed by atoms with van der Waals surface area (Å²) in [5.74, 6) is 0. The lowest BCUT2D eigenvalue weighted by Gasteiger charge is -2.25. The summed E-state index contributed by atoms with van der Waals surface area (Å²) < 4.78 is 6.03. The molecule has 0 spiro atoms. The maximum atomic E-state index is 13.6. The Morgan fingerprint density at radius 3 is 2.42 bits per heavy atom. The molecule has 1 saturated carbocycles. The van der Waals surface area contributed by atoms with E-state index in [4.69, 9.17) is 4.99 Å². The van der Waals surface area contributed by atoms with E-state index < -0.39 is 0 Å². The molecule has 1 fully saturated rings. The van der Waals surface area contributed by atoms with Crippen molar-refractivity contribution < 1.29 is 0 Å². The van der Waals surface area contributed by atoms with Gasteiger partial charge in [-0.15, -0.1) is 11.3 Å². The van der Waals surface area contributed by atoms with Crippen LogP contribution in [0.15, 0.2) is 88.0 Å². The largest absolute Gasteiger partial charge is 0.313 e. The normalized spacial score (nSPS) is 15.1. The molecular formula is C30H30N4OS. The second-order valence-corrected chi connectivity index (χ2v) is 10.5. The quantitative estimate of drug-likeness (QED) is 0.268. The smallest absolute Gasteiger partial charge is 0.297 e. The van der Waals surface area contributed by atoms with Crippen LogP contribution < -0.4 is 10.4 Å². The van der Waals surface area contributed by atoms with Crippen LogP contribution in [-0.2, 0) is 7.05 Å². The van der Waals surface area contributed by atoms with Gasteiger partial charge in [-0.25, -0.2) is 9.67 Å². The molecule has 0 aliphatic heterocycles. The summed E-state index contributed by atoms with van der Waals surface area (Å²) in [6.45, 7) is 1.98. The fourth-order valence-corrected chi connectivity index (χ4v) is 6.48. The summed E-state index contributed by atoms with van der Waals surface area (Å²) in [7, 11) is 1.92. The van der Waals surface area contributed by atoms with E-state index in [-0.39, 0.29) is 5.56 Å². The summed E-state index contributed by atoms with van der Waals surface area (Å²) in [5, 5.41) is 4.71. The molecule has 5 aromatic rings. The molecule has 6 rings (SSSR count). The number of benzene rings is 3. The topological polar surface area (TPSA) is 44.2 Å². The van der Waals surface area contributed by atoms with E-state index in [1.54, 1.807) is 16.0 Å². The maximum Gasteiger partial charge on any atom is 0.297 e. The van der Waals surface area contributed by atoms with E-state index in [1.807, 2.05) is 49.0 Å². The Bertz CT molecular complexity index is 1660. The van der Waals surface area contributed by atoms with Gasteiger partial charge in [0.05, 0.1) is 17.1 Å². The van der Waals surface area contributed by atoms with E-state index in [0.717, 1.165) is 29.0 Å². The molecule has 1 aliphatic rings. The fraction of sp³-hybridized carbons (Fsp3) is 0.267. The molecule has 3 aromatic carbocycles. The third kappa shape index (κ3) is 3.86. The molecule has 0 unspecified atom stereocenters. The maximum absolute atomic E-state index is 13.6. The van der Waals surface area contributed by atoms with Crippen molar-refractivity contribution in [2.24, 2.45) is 12.0 Å². The van der Waals surface area contributed by atoms with Crippen molar-refractivity contribution in [2.75, 3.05) is 0 Å². The summed E-state index contributed by atoms with van der Waals surface area (Å²) in [4.78, 5) is 19.6. The van der Waals surface area contributed by atoms with Crippen LogP contribution in [0.5, 0.6) is 0 Å². The standard InChI is InChI=1S/C30H30N4OS/c1-21-28(29(35)34(32(21)2)24-16-7-4-8-17-24)31-30-33(23-14-5-3-6-15-23)27(20-36-30)26-19-11-13-22-12-9-10-18-25(22)26/h4,7-13,16-20,23H,3,5-6,14-15H2,1-2H3. The molecule has 0 N–H and O–H groups in total. The van der Waals surface area contributed by atoms with Gasteiger partial charge in [-0.05, 0) is 42.7 Å². The number of thiazole rings is 1. The van der Waals surface area contributed by atoms with Crippen molar-refractivity contribution in [1.82, 2.24) is 13.9 Å². The number of aromatic nitrogens is 3. The molecule has 0 atom stereocenters. The zero-order chi connectivity index (χ0) is 24.6. The van der Waals surface area contributed by atoms with Crippen LogP contribution in [-0.4, -0.2) is 13.9 Å². The zero-order valence-electron chi connectivity index (χ0n) is 20.7. The third-order valence-corrected chi connectivity index (χ3v) is 8.32. The van der Waals surface area contributed by atoms with Crippen LogP contribution in [0.25, 0.3) is 27.7 Å². The van der Waals surface area contributed by atoms with E-state index in [2.05, 4.69) is 52.4 Å². The van der Waals surface area contributed by atoms with Crippen LogP contribution in [0.1, 0.15) is 43.8 Å². The second-order valence-electron chi connectivity index (χ2n) is 9.61. The molecule has 0 amide bonds. The van der Waals surface area contributed by atoms with Crippen molar-refractivity contribution in [3.63, 3.8) is 0 Å². The first kappa shape index (κ1) is 22.8. The van der Waals surface area contributed by atoms with Gasteiger partial charge in [-0.3, -0.25) is 9.48 Å². The van der Waals surface area contributed by atoms with Crippen molar-refractivity contribution in [1.29, 1.82) is 0 Å². The third-order valence-electron chi connectivity index (χ3n) is 7.48. The molecule has 2 heterocycles. The Hall–Kier alpha value is -3.64. The molecule has 0 bridgehead atoms. The van der Waals surface area contributed by atoms with Crippen molar-refractivity contribution >= 4 is 27.8 Å². The van der Waals surface area contributed by atoms with Crippen molar-refractivity contribution in [3.05, 3.63) is 99.0 Å². The average molecular weight is 495 g/mol. The van der Waals surface area contributed by atoms with Gasteiger partial charge in [0.15, 0.2) is 10.5 Å². The van der Waals surface area contributed by atoms with E-state index in [0.29, 0.717) is 11.7 Å². The van der Waals surface area contributed by atoms with Gasteiger partial charge < -0.3 is 4.57 Å². The lowest BCUT2D eigenvalue weighted by atomic mass is 9.94. The summed E-state index contributed by atoms with van der Waals surface area (Å²) >= 11 is 1.64. The molecule has 5 nitrogen and oxygen atoms in total. The highest BCUT2D eigenvalue weighted by molar-refractivity contribution is 7.07.